The molecule has 1 aromatic rings. The summed E-state index contributed by atoms with van der Waals surface area (Å²) in [4.78, 5) is 11.6. The van der Waals surface area contributed by atoms with Crippen LogP contribution in [-0.4, -0.2) is 18.2 Å². The average Bonchev–Trinajstić information content (AvgIpc) is 3.13. The van der Waals surface area contributed by atoms with E-state index in [1.54, 1.807) is 7.11 Å². The second-order valence-electron chi connectivity index (χ2n) is 5.49. The zero-order valence-corrected chi connectivity index (χ0v) is 11.2. The van der Waals surface area contributed by atoms with Gasteiger partial charge in [0.1, 0.15) is 5.75 Å². The molecule has 0 radical (unpaired) electrons. The minimum absolute atomic E-state index is 0.306. The molecule has 3 nitrogen and oxygen atoms in total. The quantitative estimate of drug-likeness (QED) is 0.871. The summed E-state index contributed by atoms with van der Waals surface area (Å²) in [6.45, 7) is 3.87. The lowest BCUT2D eigenvalue weighted by Crippen LogP contribution is -2.32. The van der Waals surface area contributed by atoms with Crippen LogP contribution in [0.15, 0.2) is 18.2 Å². The summed E-state index contributed by atoms with van der Waals surface area (Å²) in [6.07, 6.45) is 2.59. The Bertz CT molecular complexity index is 463. The molecule has 18 heavy (non-hydrogen) atoms. The smallest absolute Gasteiger partial charge is 0.309 e. The van der Waals surface area contributed by atoms with Gasteiger partial charge in [-0.1, -0.05) is 17.7 Å². The van der Waals surface area contributed by atoms with Crippen LogP contribution in [0.4, 0.5) is 0 Å². The number of ether oxygens (including phenoxy) is 1. The first-order valence-corrected chi connectivity index (χ1v) is 6.34. The van der Waals surface area contributed by atoms with Gasteiger partial charge in [-0.25, -0.2) is 0 Å². The van der Waals surface area contributed by atoms with Crippen molar-refractivity contribution in [1.29, 1.82) is 0 Å². The number of hydrogen-bond acceptors (Lipinski definition) is 2. The number of aliphatic carboxylic acids is 1. The molecule has 1 aliphatic rings. The first-order chi connectivity index (χ1) is 8.47. The summed E-state index contributed by atoms with van der Waals surface area (Å²) in [5.41, 5.74) is 1.46. The van der Waals surface area contributed by atoms with Crippen molar-refractivity contribution >= 4 is 5.97 Å². The molecule has 0 heterocycles. The zero-order chi connectivity index (χ0) is 13.3. The van der Waals surface area contributed by atoms with Gasteiger partial charge < -0.3 is 9.84 Å². The van der Waals surface area contributed by atoms with Crippen molar-refractivity contribution in [3.63, 3.8) is 0 Å². The molecule has 1 aromatic carbocycles. The van der Waals surface area contributed by atoms with E-state index in [2.05, 4.69) is 0 Å². The van der Waals surface area contributed by atoms with Crippen LogP contribution in [0.3, 0.4) is 0 Å². The van der Waals surface area contributed by atoms with Crippen molar-refractivity contribution < 1.29 is 14.6 Å². The van der Waals surface area contributed by atoms with Crippen LogP contribution in [0.5, 0.6) is 5.75 Å². The van der Waals surface area contributed by atoms with Gasteiger partial charge in [0.25, 0.3) is 0 Å². The molecule has 2 rings (SSSR count). The molecule has 0 bridgehead atoms. The largest absolute Gasteiger partial charge is 0.496 e. The first-order valence-electron chi connectivity index (χ1n) is 6.34. The van der Waals surface area contributed by atoms with Crippen molar-refractivity contribution in [3.05, 3.63) is 29.3 Å². The van der Waals surface area contributed by atoms with Gasteiger partial charge in [-0.15, -0.1) is 0 Å². The maximum atomic E-state index is 11.6. The number of carbonyl (C=O) groups is 1. The lowest BCUT2D eigenvalue weighted by molar-refractivity contribution is -0.149. The number of hydrogen-bond donors (Lipinski definition) is 1. The van der Waals surface area contributed by atoms with Gasteiger partial charge in [0.15, 0.2) is 0 Å². The van der Waals surface area contributed by atoms with Gasteiger partial charge in [0.2, 0.25) is 0 Å². The van der Waals surface area contributed by atoms with Crippen molar-refractivity contribution in [2.45, 2.75) is 33.1 Å². The average molecular weight is 248 g/mol. The molecule has 0 amide bonds. The van der Waals surface area contributed by atoms with Crippen molar-refractivity contribution in [2.75, 3.05) is 7.11 Å². The van der Waals surface area contributed by atoms with Crippen LogP contribution >= 0.6 is 0 Å². The van der Waals surface area contributed by atoms with Crippen molar-refractivity contribution in [2.24, 2.45) is 11.3 Å². The number of methoxy groups -OCH3 is 1. The van der Waals surface area contributed by atoms with E-state index in [1.165, 1.54) is 0 Å². The van der Waals surface area contributed by atoms with Crippen LogP contribution in [-0.2, 0) is 11.2 Å². The van der Waals surface area contributed by atoms with E-state index in [9.17, 15) is 9.90 Å². The molecular formula is C15H20O3. The SMILES string of the molecule is COc1ccc(C)cc1CC(C)(C(=O)O)C1CC1. The fraction of sp³-hybridized carbons (Fsp3) is 0.533. The Balaban J connectivity index is 2.31. The third kappa shape index (κ3) is 2.35. The third-order valence-electron chi connectivity index (χ3n) is 3.96. The number of rotatable bonds is 5. The summed E-state index contributed by atoms with van der Waals surface area (Å²) in [5, 5.41) is 9.50. The zero-order valence-electron chi connectivity index (χ0n) is 11.2. The Morgan fingerprint density at radius 2 is 2.17 bits per heavy atom. The van der Waals surface area contributed by atoms with Crippen molar-refractivity contribution in [3.8, 4) is 5.75 Å². The Labute approximate surface area is 108 Å². The van der Waals surface area contributed by atoms with Gasteiger partial charge in [-0.2, -0.15) is 0 Å². The van der Waals surface area contributed by atoms with E-state index in [1.807, 2.05) is 32.0 Å². The second-order valence-corrected chi connectivity index (χ2v) is 5.49. The first kappa shape index (κ1) is 12.9. The number of aryl methyl sites for hydroxylation is 1. The Morgan fingerprint density at radius 3 is 2.67 bits per heavy atom. The predicted octanol–water partition coefficient (Wildman–Crippen LogP) is 3.05. The highest BCUT2D eigenvalue weighted by Crippen LogP contribution is 2.48. The Kier molecular flexibility index (Phi) is 3.33. The van der Waals surface area contributed by atoms with E-state index in [-0.39, 0.29) is 0 Å². The molecule has 98 valence electrons. The summed E-state index contributed by atoms with van der Waals surface area (Å²) in [6, 6.07) is 5.93. The van der Waals surface area contributed by atoms with E-state index in [4.69, 9.17) is 4.74 Å². The van der Waals surface area contributed by atoms with Crippen LogP contribution in [0.1, 0.15) is 30.9 Å². The van der Waals surface area contributed by atoms with Gasteiger partial charge in [0.05, 0.1) is 12.5 Å². The van der Waals surface area contributed by atoms with E-state index >= 15 is 0 Å². The fourth-order valence-corrected chi connectivity index (χ4v) is 2.56. The molecular weight excluding hydrogens is 228 g/mol. The number of carboxylic acids is 1. The molecule has 1 fully saturated rings. The highest BCUT2D eigenvalue weighted by Gasteiger charge is 2.47. The normalized spacial score (nSPS) is 18.2. The van der Waals surface area contributed by atoms with Gasteiger partial charge in [0, 0.05) is 0 Å². The maximum absolute atomic E-state index is 11.6. The van der Waals surface area contributed by atoms with Crippen LogP contribution in [0, 0.1) is 18.3 Å². The fourth-order valence-electron chi connectivity index (χ4n) is 2.56. The Hall–Kier alpha value is -1.51. The summed E-state index contributed by atoms with van der Waals surface area (Å²) in [7, 11) is 1.63. The van der Waals surface area contributed by atoms with Gasteiger partial charge in [-0.3, -0.25) is 4.79 Å². The van der Waals surface area contributed by atoms with E-state index in [0.29, 0.717) is 12.3 Å². The number of carboxylic acid groups (broad SMARTS) is 1. The molecule has 0 aliphatic heterocycles. The Morgan fingerprint density at radius 1 is 1.50 bits per heavy atom. The molecule has 0 aromatic heterocycles. The summed E-state index contributed by atoms with van der Waals surface area (Å²) < 4.78 is 5.33. The standard InChI is InChI=1S/C15H20O3/c1-10-4-7-13(18-3)11(8-10)9-15(2,14(16)17)12-5-6-12/h4,7-8,12H,5-6,9H2,1-3H3,(H,16,17). The summed E-state index contributed by atoms with van der Waals surface area (Å²) >= 11 is 0. The predicted molar refractivity (Wildman–Crippen MR) is 69.9 cm³/mol. The third-order valence-corrected chi connectivity index (χ3v) is 3.96. The molecule has 0 spiro atoms. The van der Waals surface area contributed by atoms with Crippen LogP contribution < -0.4 is 4.74 Å². The molecule has 1 saturated carbocycles. The lowest BCUT2D eigenvalue weighted by atomic mass is 9.78. The summed E-state index contributed by atoms with van der Waals surface area (Å²) in [5.74, 6) is 0.391. The molecule has 1 unspecified atom stereocenters. The minimum atomic E-state index is -0.700. The van der Waals surface area contributed by atoms with Gasteiger partial charge >= 0.3 is 5.97 Å². The maximum Gasteiger partial charge on any atom is 0.309 e. The molecule has 1 N–H and O–H groups in total. The second kappa shape index (κ2) is 4.63. The van der Waals surface area contributed by atoms with Crippen LogP contribution in [0.25, 0.3) is 0 Å². The molecule has 3 heteroatoms. The number of benzene rings is 1. The lowest BCUT2D eigenvalue weighted by Gasteiger charge is -2.25. The molecule has 1 aliphatic carbocycles. The minimum Gasteiger partial charge on any atom is -0.496 e. The topological polar surface area (TPSA) is 46.5 Å². The molecule has 0 saturated heterocycles. The van der Waals surface area contributed by atoms with E-state index in [0.717, 1.165) is 29.7 Å². The van der Waals surface area contributed by atoms with Crippen LogP contribution in [0.2, 0.25) is 0 Å². The highest BCUT2D eigenvalue weighted by atomic mass is 16.5. The van der Waals surface area contributed by atoms with E-state index < -0.39 is 11.4 Å². The monoisotopic (exact) mass is 248 g/mol. The van der Waals surface area contributed by atoms with Gasteiger partial charge in [-0.05, 0) is 50.7 Å². The molecule has 1 atom stereocenters. The highest BCUT2D eigenvalue weighted by molar-refractivity contribution is 5.75. The van der Waals surface area contributed by atoms with Crippen molar-refractivity contribution in [1.82, 2.24) is 0 Å².